The minimum absolute atomic E-state index is 0.709. The van der Waals surface area contributed by atoms with Crippen LogP contribution < -0.4 is 5.32 Å². The molecule has 0 atom stereocenters. The number of pyridine rings is 1. The highest BCUT2D eigenvalue weighted by molar-refractivity contribution is 5.62. The van der Waals surface area contributed by atoms with Crippen molar-refractivity contribution < 1.29 is 0 Å². The zero-order valence-corrected chi connectivity index (χ0v) is 10.0. The molecule has 0 radical (unpaired) electrons. The fraction of sp³-hybridized carbons (Fsp3) is 0.154. The number of fused-ring (bicyclic) bond motifs is 1. The first kappa shape index (κ1) is 10.7. The summed E-state index contributed by atoms with van der Waals surface area (Å²) in [7, 11) is 0. The van der Waals surface area contributed by atoms with Gasteiger partial charge in [-0.2, -0.15) is 0 Å². The third-order valence-corrected chi connectivity index (χ3v) is 2.70. The van der Waals surface area contributed by atoms with Gasteiger partial charge in [-0.25, -0.2) is 9.97 Å². The van der Waals surface area contributed by atoms with E-state index in [0.29, 0.717) is 6.54 Å². The van der Waals surface area contributed by atoms with E-state index < -0.39 is 0 Å². The number of nitrogens with zero attached hydrogens (tertiary/aromatic N) is 4. The van der Waals surface area contributed by atoms with E-state index in [-0.39, 0.29) is 0 Å². The van der Waals surface area contributed by atoms with E-state index >= 15 is 0 Å². The molecule has 0 bridgehead atoms. The Balaban J connectivity index is 1.86. The van der Waals surface area contributed by atoms with Gasteiger partial charge >= 0.3 is 0 Å². The Labute approximate surface area is 105 Å². The Morgan fingerprint density at radius 1 is 1.22 bits per heavy atom. The highest BCUT2D eigenvalue weighted by Crippen LogP contribution is 2.13. The number of hydrogen-bond acceptors (Lipinski definition) is 4. The summed E-state index contributed by atoms with van der Waals surface area (Å²) in [4.78, 5) is 12.8. The summed E-state index contributed by atoms with van der Waals surface area (Å²) in [6, 6.07) is 3.95. The van der Waals surface area contributed by atoms with Crippen LogP contribution in [0.4, 0.5) is 5.82 Å². The lowest BCUT2D eigenvalue weighted by atomic mass is 10.3. The molecule has 1 N–H and O–H groups in total. The predicted molar refractivity (Wildman–Crippen MR) is 69.3 cm³/mol. The van der Waals surface area contributed by atoms with Gasteiger partial charge < -0.3 is 9.72 Å². The number of imidazole rings is 1. The monoisotopic (exact) mass is 239 g/mol. The topological polar surface area (TPSA) is 55.1 Å². The van der Waals surface area contributed by atoms with Gasteiger partial charge in [0.05, 0.1) is 5.69 Å². The quantitative estimate of drug-likeness (QED) is 0.760. The molecule has 0 unspecified atom stereocenters. The van der Waals surface area contributed by atoms with E-state index in [1.54, 1.807) is 18.6 Å². The molecular formula is C13H13N5. The second-order valence-electron chi connectivity index (χ2n) is 4.10. The zero-order chi connectivity index (χ0) is 12.4. The van der Waals surface area contributed by atoms with Crippen LogP contribution in [0.1, 0.15) is 11.3 Å². The molecule has 3 rings (SSSR count). The maximum atomic E-state index is 4.45. The third kappa shape index (κ3) is 2.02. The smallest absolute Gasteiger partial charge is 0.180 e. The summed E-state index contributed by atoms with van der Waals surface area (Å²) in [5.41, 5.74) is 3.00. The summed E-state index contributed by atoms with van der Waals surface area (Å²) < 4.78 is 1.97. The van der Waals surface area contributed by atoms with Crippen LogP contribution in [0.5, 0.6) is 0 Å². The highest BCUT2D eigenvalue weighted by Gasteiger charge is 2.04. The van der Waals surface area contributed by atoms with Gasteiger partial charge in [-0.15, -0.1) is 0 Å². The second-order valence-corrected chi connectivity index (χ2v) is 4.10. The van der Waals surface area contributed by atoms with Crippen molar-refractivity contribution in [1.29, 1.82) is 0 Å². The molecule has 3 aromatic heterocycles. The van der Waals surface area contributed by atoms with Gasteiger partial charge in [0.2, 0.25) is 0 Å². The Morgan fingerprint density at radius 2 is 2.06 bits per heavy atom. The molecule has 18 heavy (non-hydrogen) atoms. The van der Waals surface area contributed by atoms with E-state index in [1.165, 1.54) is 0 Å². The fourth-order valence-electron chi connectivity index (χ4n) is 1.85. The molecule has 0 aromatic carbocycles. The van der Waals surface area contributed by atoms with Gasteiger partial charge in [-0.1, -0.05) is 0 Å². The van der Waals surface area contributed by atoms with Crippen LogP contribution in [0.2, 0.25) is 0 Å². The van der Waals surface area contributed by atoms with Crippen LogP contribution in [-0.2, 0) is 6.54 Å². The minimum Gasteiger partial charge on any atom is -0.363 e. The lowest BCUT2D eigenvalue weighted by molar-refractivity contribution is 1.06. The molecule has 0 aliphatic rings. The summed E-state index contributed by atoms with van der Waals surface area (Å²) in [6.07, 6.45) is 9.21. The molecule has 90 valence electrons. The number of nitrogens with one attached hydrogen (secondary N) is 1. The molecule has 3 heterocycles. The Bertz CT molecular complexity index is 659. The van der Waals surface area contributed by atoms with Gasteiger partial charge in [0, 0.05) is 37.5 Å². The second kappa shape index (κ2) is 4.44. The number of anilines is 1. The summed E-state index contributed by atoms with van der Waals surface area (Å²) in [5, 5.41) is 3.30. The Kier molecular flexibility index (Phi) is 2.64. The van der Waals surface area contributed by atoms with Crippen molar-refractivity contribution in [3.05, 3.63) is 54.4 Å². The van der Waals surface area contributed by atoms with Crippen molar-refractivity contribution in [1.82, 2.24) is 19.4 Å². The van der Waals surface area contributed by atoms with Crippen LogP contribution in [-0.4, -0.2) is 19.4 Å². The third-order valence-electron chi connectivity index (χ3n) is 2.70. The summed E-state index contributed by atoms with van der Waals surface area (Å²) >= 11 is 0. The van der Waals surface area contributed by atoms with Gasteiger partial charge in [0.25, 0.3) is 0 Å². The number of aromatic nitrogens is 4. The molecule has 0 aliphatic heterocycles. The lowest BCUT2D eigenvalue weighted by Gasteiger charge is -2.06. The average molecular weight is 239 g/mol. The van der Waals surface area contributed by atoms with Crippen LogP contribution >= 0.6 is 0 Å². The number of aryl methyl sites for hydroxylation is 1. The first-order chi connectivity index (χ1) is 8.83. The molecule has 0 aliphatic carbocycles. The molecule has 0 saturated heterocycles. The first-order valence-corrected chi connectivity index (χ1v) is 5.76. The van der Waals surface area contributed by atoms with E-state index in [0.717, 1.165) is 22.7 Å². The van der Waals surface area contributed by atoms with Crippen molar-refractivity contribution in [3.8, 4) is 0 Å². The van der Waals surface area contributed by atoms with Crippen LogP contribution in [0.25, 0.3) is 5.65 Å². The largest absolute Gasteiger partial charge is 0.363 e. The van der Waals surface area contributed by atoms with Crippen LogP contribution in [0.15, 0.2) is 43.1 Å². The van der Waals surface area contributed by atoms with Gasteiger partial charge in [0.15, 0.2) is 11.5 Å². The maximum absolute atomic E-state index is 4.45. The molecular weight excluding hydrogens is 226 g/mol. The SMILES string of the molecule is Cc1cn2ccnc(NCc3ccncc3)c2n1. The molecule has 0 amide bonds. The molecule has 0 saturated carbocycles. The van der Waals surface area contributed by atoms with E-state index in [1.807, 2.05) is 35.9 Å². The zero-order valence-electron chi connectivity index (χ0n) is 10.0. The Hall–Kier alpha value is -2.43. The lowest BCUT2D eigenvalue weighted by Crippen LogP contribution is -2.03. The average Bonchev–Trinajstić information content (AvgIpc) is 2.78. The van der Waals surface area contributed by atoms with E-state index in [4.69, 9.17) is 0 Å². The summed E-state index contributed by atoms with van der Waals surface area (Å²) in [6.45, 7) is 2.68. The number of hydrogen-bond donors (Lipinski definition) is 1. The minimum atomic E-state index is 0.709. The molecule has 3 aromatic rings. The van der Waals surface area contributed by atoms with Crippen molar-refractivity contribution in [2.45, 2.75) is 13.5 Å². The van der Waals surface area contributed by atoms with E-state index in [9.17, 15) is 0 Å². The van der Waals surface area contributed by atoms with Crippen molar-refractivity contribution in [3.63, 3.8) is 0 Å². The molecule has 0 spiro atoms. The summed E-state index contributed by atoms with van der Waals surface area (Å²) in [5.74, 6) is 0.794. The standard InChI is InChI=1S/C13H13N5/c1-10-9-18-7-6-15-12(13(18)17-10)16-8-11-2-4-14-5-3-11/h2-7,9H,8H2,1H3,(H,15,16). The van der Waals surface area contributed by atoms with Gasteiger partial charge in [-0.05, 0) is 24.6 Å². The Morgan fingerprint density at radius 3 is 2.89 bits per heavy atom. The van der Waals surface area contributed by atoms with Crippen LogP contribution in [0, 0.1) is 6.92 Å². The maximum Gasteiger partial charge on any atom is 0.180 e. The van der Waals surface area contributed by atoms with Crippen molar-refractivity contribution in [2.75, 3.05) is 5.32 Å². The first-order valence-electron chi connectivity index (χ1n) is 5.76. The van der Waals surface area contributed by atoms with E-state index in [2.05, 4.69) is 20.3 Å². The van der Waals surface area contributed by atoms with Gasteiger partial charge in [-0.3, -0.25) is 4.98 Å². The molecule has 5 heteroatoms. The molecule has 0 fully saturated rings. The fourth-order valence-corrected chi connectivity index (χ4v) is 1.85. The van der Waals surface area contributed by atoms with Gasteiger partial charge in [0.1, 0.15) is 0 Å². The predicted octanol–water partition coefficient (Wildman–Crippen LogP) is 2.04. The molecule has 5 nitrogen and oxygen atoms in total. The van der Waals surface area contributed by atoms with Crippen LogP contribution in [0.3, 0.4) is 0 Å². The van der Waals surface area contributed by atoms with Crippen molar-refractivity contribution >= 4 is 11.5 Å². The highest BCUT2D eigenvalue weighted by atomic mass is 15.1. The number of rotatable bonds is 3. The van der Waals surface area contributed by atoms with Crippen molar-refractivity contribution in [2.24, 2.45) is 0 Å². The normalized spacial score (nSPS) is 10.7.